The Hall–Kier alpha value is -0.340. The van der Waals surface area contributed by atoms with Gasteiger partial charge in [-0.3, -0.25) is 0 Å². The van der Waals surface area contributed by atoms with Gasteiger partial charge in [-0.2, -0.15) is 0 Å². The summed E-state index contributed by atoms with van der Waals surface area (Å²) in [6.45, 7) is 4.12. The Balaban J connectivity index is 2.78. The van der Waals surface area contributed by atoms with E-state index in [2.05, 4.69) is 18.0 Å². The molecule has 0 amide bonds. The van der Waals surface area contributed by atoms with Crippen molar-refractivity contribution in [2.24, 2.45) is 0 Å². The molecule has 0 aliphatic heterocycles. The fourth-order valence-electron chi connectivity index (χ4n) is 0.881. The molecule has 1 heterocycles. The van der Waals surface area contributed by atoms with Crippen molar-refractivity contribution in [2.45, 2.75) is 20.3 Å². The molecule has 0 aliphatic carbocycles. The van der Waals surface area contributed by atoms with Gasteiger partial charge in [-0.15, -0.1) is 22.9 Å². The van der Waals surface area contributed by atoms with Gasteiger partial charge < -0.3 is 0 Å². The summed E-state index contributed by atoms with van der Waals surface area (Å²) in [5.41, 5.74) is 1.26. The first-order valence-electron chi connectivity index (χ1n) is 3.94. The van der Waals surface area contributed by atoms with E-state index in [-0.39, 0.29) is 0 Å². The molecule has 12 heavy (non-hydrogen) atoms. The van der Waals surface area contributed by atoms with Gasteiger partial charge in [-0.05, 0) is 19.4 Å². The lowest BCUT2D eigenvalue weighted by Gasteiger charge is -1.95. The van der Waals surface area contributed by atoms with Gasteiger partial charge >= 0.3 is 0 Å². The highest BCUT2D eigenvalue weighted by Crippen LogP contribution is 2.17. The van der Waals surface area contributed by atoms with Crippen LogP contribution in [0.3, 0.4) is 0 Å². The first kappa shape index (κ1) is 9.75. The summed E-state index contributed by atoms with van der Waals surface area (Å²) in [5.74, 6) is 0.618. The molecule has 0 saturated carbocycles. The van der Waals surface area contributed by atoms with Crippen LogP contribution in [0, 0.1) is 6.92 Å². The number of aryl methyl sites for hydroxylation is 1. The van der Waals surface area contributed by atoms with E-state index < -0.39 is 0 Å². The number of rotatable bonds is 3. The van der Waals surface area contributed by atoms with Crippen molar-refractivity contribution in [3.8, 4) is 0 Å². The highest BCUT2D eigenvalue weighted by molar-refractivity contribution is 7.12. The van der Waals surface area contributed by atoms with Gasteiger partial charge in [0.2, 0.25) is 0 Å². The van der Waals surface area contributed by atoms with Gasteiger partial charge in [0, 0.05) is 17.0 Å². The Morgan fingerprint density at radius 3 is 2.92 bits per heavy atom. The van der Waals surface area contributed by atoms with Crippen LogP contribution in [0.5, 0.6) is 0 Å². The maximum atomic E-state index is 5.74. The Morgan fingerprint density at radius 2 is 2.50 bits per heavy atom. The van der Waals surface area contributed by atoms with Crippen LogP contribution < -0.4 is 0 Å². The van der Waals surface area contributed by atoms with Crippen molar-refractivity contribution in [3.63, 3.8) is 0 Å². The zero-order valence-electron chi connectivity index (χ0n) is 7.30. The zero-order chi connectivity index (χ0) is 8.97. The fraction of sp³-hybridized carbons (Fsp3) is 0.444. The van der Waals surface area contributed by atoms with Gasteiger partial charge in [-0.25, -0.2) is 4.98 Å². The fourth-order valence-corrected chi connectivity index (χ4v) is 1.92. The topological polar surface area (TPSA) is 12.9 Å². The van der Waals surface area contributed by atoms with Crippen LogP contribution in [-0.4, -0.2) is 10.9 Å². The number of aromatic nitrogens is 1. The van der Waals surface area contributed by atoms with E-state index in [9.17, 15) is 0 Å². The van der Waals surface area contributed by atoms with Gasteiger partial charge in [0.15, 0.2) is 0 Å². The van der Waals surface area contributed by atoms with Crippen molar-refractivity contribution in [3.05, 3.63) is 21.7 Å². The van der Waals surface area contributed by atoms with Crippen LogP contribution in [0.15, 0.2) is 11.8 Å². The van der Waals surface area contributed by atoms with Crippen molar-refractivity contribution < 1.29 is 0 Å². The Morgan fingerprint density at radius 1 is 1.75 bits per heavy atom. The molecular weight excluding hydrogens is 190 g/mol. The second kappa shape index (κ2) is 4.63. The highest BCUT2D eigenvalue weighted by atomic mass is 35.5. The number of allylic oxidation sites excluding steroid dienone is 1. The Labute approximate surface area is 82.1 Å². The van der Waals surface area contributed by atoms with E-state index in [1.54, 1.807) is 11.3 Å². The molecular formula is C9H12ClNS. The minimum Gasteiger partial charge on any atom is -0.249 e. The monoisotopic (exact) mass is 201 g/mol. The third kappa shape index (κ3) is 2.61. The summed E-state index contributed by atoms with van der Waals surface area (Å²) in [7, 11) is 0. The summed E-state index contributed by atoms with van der Waals surface area (Å²) in [5, 5.41) is 1.10. The molecule has 1 aromatic rings. The van der Waals surface area contributed by atoms with Gasteiger partial charge in [0.25, 0.3) is 0 Å². The normalized spacial score (nSPS) is 12.1. The SMILES string of the molecule is CCC(=Cc1cnc(C)s1)CCl. The van der Waals surface area contributed by atoms with Crippen LogP contribution >= 0.6 is 22.9 Å². The minimum atomic E-state index is 0.618. The number of halogens is 1. The predicted molar refractivity (Wildman–Crippen MR) is 55.8 cm³/mol. The van der Waals surface area contributed by atoms with E-state index in [4.69, 9.17) is 11.6 Å². The predicted octanol–water partition coefficient (Wildman–Crippen LogP) is 3.48. The van der Waals surface area contributed by atoms with Gasteiger partial charge in [0.1, 0.15) is 0 Å². The molecule has 1 rings (SSSR count). The number of thiazole rings is 1. The first-order chi connectivity index (χ1) is 5.76. The van der Waals surface area contributed by atoms with Crippen molar-refractivity contribution in [1.82, 2.24) is 4.98 Å². The summed E-state index contributed by atoms with van der Waals surface area (Å²) in [4.78, 5) is 5.37. The summed E-state index contributed by atoms with van der Waals surface area (Å²) >= 11 is 7.44. The van der Waals surface area contributed by atoms with Crippen molar-refractivity contribution >= 4 is 29.0 Å². The largest absolute Gasteiger partial charge is 0.249 e. The summed E-state index contributed by atoms with van der Waals surface area (Å²) < 4.78 is 0. The third-order valence-corrected chi connectivity index (χ3v) is 2.81. The minimum absolute atomic E-state index is 0.618. The number of nitrogens with zero attached hydrogens (tertiary/aromatic N) is 1. The van der Waals surface area contributed by atoms with Crippen molar-refractivity contribution in [1.29, 1.82) is 0 Å². The average Bonchev–Trinajstić information content (AvgIpc) is 2.47. The Kier molecular flexibility index (Phi) is 3.76. The average molecular weight is 202 g/mol. The van der Waals surface area contributed by atoms with Gasteiger partial charge in [-0.1, -0.05) is 12.5 Å². The third-order valence-electron chi connectivity index (χ3n) is 1.61. The lowest BCUT2D eigenvalue weighted by molar-refractivity contribution is 1.12. The molecule has 0 unspecified atom stereocenters. The molecule has 1 nitrogen and oxygen atoms in total. The number of alkyl halides is 1. The molecule has 0 atom stereocenters. The maximum Gasteiger partial charge on any atom is 0.0900 e. The molecule has 1 aromatic heterocycles. The lowest BCUT2D eigenvalue weighted by atomic mass is 10.2. The first-order valence-corrected chi connectivity index (χ1v) is 5.29. The smallest absolute Gasteiger partial charge is 0.0900 e. The van der Waals surface area contributed by atoms with Gasteiger partial charge in [0.05, 0.1) is 5.01 Å². The Bertz CT molecular complexity index is 272. The van der Waals surface area contributed by atoms with Crippen LogP contribution in [0.2, 0.25) is 0 Å². The molecule has 66 valence electrons. The van der Waals surface area contributed by atoms with E-state index in [1.807, 2.05) is 13.1 Å². The number of hydrogen-bond acceptors (Lipinski definition) is 2. The molecule has 0 saturated heterocycles. The second-order valence-electron chi connectivity index (χ2n) is 2.57. The molecule has 0 bridgehead atoms. The van der Waals surface area contributed by atoms with E-state index >= 15 is 0 Å². The summed E-state index contributed by atoms with van der Waals surface area (Å²) in [6, 6.07) is 0. The van der Waals surface area contributed by atoms with Crippen LogP contribution in [0.1, 0.15) is 23.2 Å². The highest BCUT2D eigenvalue weighted by Gasteiger charge is 1.96. The second-order valence-corrected chi connectivity index (χ2v) is 4.11. The van der Waals surface area contributed by atoms with E-state index in [0.717, 1.165) is 11.4 Å². The van der Waals surface area contributed by atoms with Crippen molar-refractivity contribution in [2.75, 3.05) is 5.88 Å². The lowest BCUT2D eigenvalue weighted by Crippen LogP contribution is -1.79. The van der Waals surface area contributed by atoms with E-state index in [1.165, 1.54) is 10.5 Å². The molecule has 0 radical (unpaired) electrons. The maximum absolute atomic E-state index is 5.74. The van der Waals surface area contributed by atoms with Crippen LogP contribution in [-0.2, 0) is 0 Å². The molecule has 0 fully saturated rings. The molecule has 0 N–H and O–H groups in total. The number of hydrogen-bond donors (Lipinski definition) is 0. The van der Waals surface area contributed by atoms with Crippen LogP contribution in [0.25, 0.3) is 6.08 Å². The molecule has 3 heteroatoms. The zero-order valence-corrected chi connectivity index (χ0v) is 8.87. The molecule has 0 aliphatic rings. The molecule has 0 spiro atoms. The van der Waals surface area contributed by atoms with E-state index in [0.29, 0.717) is 5.88 Å². The molecule has 0 aromatic carbocycles. The van der Waals surface area contributed by atoms with Crippen LogP contribution in [0.4, 0.5) is 0 Å². The summed E-state index contributed by atoms with van der Waals surface area (Å²) in [6.07, 6.45) is 5.03. The quantitative estimate of drug-likeness (QED) is 0.683. The standard InChI is InChI=1S/C9H12ClNS/c1-3-8(5-10)4-9-6-11-7(2)12-9/h4,6H,3,5H2,1-2H3.